The van der Waals surface area contributed by atoms with Crippen molar-refractivity contribution in [1.82, 2.24) is 5.32 Å². The first kappa shape index (κ1) is 14.3. The van der Waals surface area contributed by atoms with Crippen molar-refractivity contribution in [2.45, 2.75) is 38.6 Å². The topological polar surface area (TPSA) is 12.0 Å². The van der Waals surface area contributed by atoms with E-state index in [4.69, 9.17) is 0 Å². The Bertz CT molecular complexity index is 540. The van der Waals surface area contributed by atoms with Crippen LogP contribution in [0.5, 0.6) is 0 Å². The van der Waals surface area contributed by atoms with Gasteiger partial charge in [0.25, 0.3) is 0 Å². The third-order valence-corrected chi connectivity index (χ3v) is 4.64. The molecule has 1 atom stereocenters. The molecule has 2 aromatic carbocycles. The SMILES string of the molecule is CCNC(c1ccc(Cc2ccccc2)cc1)C1CCC1. The Balaban J connectivity index is 1.70. The molecule has 0 radical (unpaired) electrons. The minimum absolute atomic E-state index is 0.550. The van der Waals surface area contributed by atoms with Gasteiger partial charge in [0.2, 0.25) is 0 Å². The largest absolute Gasteiger partial charge is 0.310 e. The molecule has 3 rings (SSSR count). The fourth-order valence-corrected chi connectivity index (χ4v) is 3.22. The molecular weight excluding hydrogens is 254 g/mol. The van der Waals surface area contributed by atoms with Gasteiger partial charge >= 0.3 is 0 Å². The average molecular weight is 279 g/mol. The molecule has 1 nitrogen and oxygen atoms in total. The predicted octanol–water partition coefficient (Wildman–Crippen LogP) is 4.73. The third kappa shape index (κ3) is 3.54. The van der Waals surface area contributed by atoms with E-state index in [1.807, 2.05) is 0 Å². The van der Waals surface area contributed by atoms with E-state index in [1.54, 1.807) is 0 Å². The maximum Gasteiger partial charge on any atom is 0.0348 e. The van der Waals surface area contributed by atoms with Crippen molar-refractivity contribution >= 4 is 0 Å². The Hall–Kier alpha value is -1.60. The Labute approximate surface area is 128 Å². The minimum Gasteiger partial charge on any atom is -0.310 e. The van der Waals surface area contributed by atoms with Crippen LogP contribution in [0.15, 0.2) is 54.6 Å². The van der Waals surface area contributed by atoms with Crippen LogP contribution in [0.1, 0.15) is 48.9 Å². The summed E-state index contributed by atoms with van der Waals surface area (Å²) in [7, 11) is 0. The van der Waals surface area contributed by atoms with Gasteiger partial charge in [-0.1, -0.05) is 67.9 Å². The Morgan fingerprint density at radius 1 is 0.952 bits per heavy atom. The molecule has 1 aliphatic carbocycles. The van der Waals surface area contributed by atoms with E-state index in [1.165, 1.54) is 36.0 Å². The van der Waals surface area contributed by atoms with Crippen molar-refractivity contribution in [2.75, 3.05) is 6.54 Å². The highest BCUT2D eigenvalue weighted by molar-refractivity contribution is 5.30. The molecule has 21 heavy (non-hydrogen) atoms. The van der Waals surface area contributed by atoms with Crippen molar-refractivity contribution in [2.24, 2.45) is 5.92 Å². The molecule has 0 bridgehead atoms. The Morgan fingerprint density at radius 2 is 1.62 bits per heavy atom. The molecule has 0 aliphatic heterocycles. The smallest absolute Gasteiger partial charge is 0.0348 e. The van der Waals surface area contributed by atoms with Crippen molar-refractivity contribution in [3.8, 4) is 0 Å². The normalized spacial score (nSPS) is 16.4. The number of hydrogen-bond donors (Lipinski definition) is 1. The summed E-state index contributed by atoms with van der Waals surface area (Å²) in [4.78, 5) is 0. The van der Waals surface area contributed by atoms with Gasteiger partial charge < -0.3 is 5.32 Å². The van der Waals surface area contributed by atoms with Gasteiger partial charge in [0.15, 0.2) is 0 Å². The number of nitrogens with one attached hydrogen (secondary N) is 1. The summed E-state index contributed by atoms with van der Waals surface area (Å²) in [6, 6.07) is 20.5. The van der Waals surface area contributed by atoms with Gasteiger partial charge in [0, 0.05) is 6.04 Å². The van der Waals surface area contributed by atoms with E-state index in [9.17, 15) is 0 Å². The first-order valence-corrected chi connectivity index (χ1v) is 8.23. The molecule has 1 N–H and O–H groups in total. The quantitative estimate of drug-likeness (QED) is 0.806. The van der Waals surface area contributed by atoms with Crippen LogP contribution in [0.3, 0.4) is 0 Å². The summed E-state index contributed by atoms with van der Waals surface area (Å²) in [5, 5.41) is 3.67. The maximum absolute atomic E-state index is 3.67. The zero-order chi connectivity index (χ0) is 14.5. The molecule has 0 spiro atoms. The first-order chi connectivity index (χ1) is 10.4. The van der Waals surface area contributed by atoms with Crippen LogP contribution in [0.2, 0.25) is 0 Å². The monoisotopic (exact) mass is 279 g/mol. The molecule has 1 fully saturated rings. The minimum atomic E-state index is 0.550. The van der Waals surface area contributed by atoms with E-state index < -0.39 is 0 Å². The fraction of sp³-hybridized carbons (Fsp3) is 0.400. The second kappa shape index (κ2) is 6.91. The first-order valence-electron chi connectivity index (χ1n) is 8.23. The van der Waals surface area contributed by atoms with Gasteiger partial charge in [-0.05, 0) is 48.4 Å². The van der Waals surface area contributed by atoms with Crippen molar-refractivity contribution in [3.63, 3.8) is 0 Å². The molecule has 0 saturated heterocycles. The molecule has 2 aromatic rings. The lowest BCUT2D eigenvalue weighted by Gasteiger charge is -2.34. The highest BCUT2D eigenvalue weighted by Crippen LogP contribution is 2.37. The van der Waals surface area contributed by atoms with Gasteiger partial charge in [-0.2, -0.15) is 0 Å². The number of benzene rings is 2. The zero-order valence-electron chi connectivity index (χ0n) is 12.9. The molecule has 1 unspecified atom stereocenters. The Morgan fingerprint density at radius 3 is 2.19 bits per heavy atom. The predicted molar refractivity (Wildman–Crippen MR) is 89.4 cm³/mol. The lowest BCUT2D eigenvalue weighted by atomic mass is 9.77. The third-order valence-electron chi connectivity index (χ3n) is 4.64. The second-order valence-corrected chi connectivity index (χ2v) is 6.13. The lowest BCUT2D eigenvalue weighted by Crippen LogP contribution is -2.32. The summed E-state index contributed by atoms with van der Waals surface area (Å²) in [5.41, 5.74) is 4.24. The van der Waals surface area contributed by atoms with Gasteiger partial charge in [0.05, 0.1) is 0 Å². The summed E-state index contributed by atoms with van der Waals surface area (Å²) in [5.74, 6) is 0.838. The number of hydrogen-bond acceptors (Lipinski definition) is 1. The van der Waals surface area contributed by atoms with E-state index in [0.717, 1.165) is 18.9 Å². The van der Waals surface area contributed by atoms with Gasteiger partial charge in [0.1, 0.15) is 0 Å². The van der Waals surface area contributed by atoms with E-state index in [-0.39, 0.29) is 0 Å². The highest BCUT2D eigenvalue weighted by Gasteiger charge is 2.27. The molecule has 0 amide bonds. The van der Waals surface area contributed by atoms with Crippen LogP contribution in [0.25, 0.3) is 0 Å². The van der Waals surface area contributed by atoms with Crippen LogP contribution in [0, 0.1) is 5.92 Å². The Kier molecular flexibility index (Phi) is 4.72. The van der Waals surface area contributed by atoms with Gasteiger partial charge in [-0.25, -0.2) is 0 Å². The zero-order valence-corrected chi connectivity index (χ0v) is 12.9. The molecule has 0 aromatic heterocycles. The standard InChI is InChI=1S/C20H25N/c1-2-21-20(18-9-6-10-18)19-13-11-17(12-14-19)15-16-7-4-3-5-8-16/h3-5,7-8,11-14,18,20-21H,2,6,9-10,15H2,1H3. The van der Waals surface area contributed by atoms with E-state index >= 15 is 0 Å². The summed E-state index contributed by atoms with van der Waals surface area (Å²) in [6.45, 7) is 3.25. The van der Waals surface area contributed by atoms with Crippen LogP contribution < -0.4 is 5.32 Å². The summed E-state index contributed by atoms with van der Waals surface area (Å²) < 4.78 is 0. The van der Waals surface area contributed by atoms with E-state index in [0.29, 0.717) is 6.04 Å². The molecular formula is C20H25N. The average Bonchev–Trinajstić information content (AvgIpc) is 2.47. The molecule has 1 aliphatic rings. The lowest BCUT2D eigenvalue weighted by molar-refractivity contribution is 0.233. The van der Waals surface area contributed by atoms with Gasteiger partial charge in [-0.3, -0.25) is 0 Å². The molecule has 0 heterocycles. The summed E-state index contributed by atoms with van der Waals surface area (Å²) >= 11 is 0. The van der Waals surface area contributed by atoms with Crippen molar-refractivity contribution in [1.29, 1.82) is 0 Å². The van der Waals surface area contributed by atoms with Crippen molar-refractivity contribution < 1.29 is 0 Å². The van der Waals surface area contributed by atoms with Gasteiger partial charge in [-0.15, -0.1) is 0 Å². The second-order valence-electron chi connectivity index (χ2n) is 6.13. The number of rotatable bonds is 6. The summed E-state index contributed by atoms with van der Waals surface area (Å²) in [6.07, 6.45) is 5.18. The highest BCUT2D eigenvalue weighted by atomic mass is 14.9. The maximum atomic E-state index is 3.67. The van der Waals surface area contributed by atoms with Crippen LogP contribution in [0.4, 0.5) is 0 Å². The molecule has 1 heteroatoms. The van der Waals surface area contributed by atoms with Crippen LogP contribution in [-0.4, -0.2) is 6.54 Å². The molecule has 1 saturated carbocycles. The van der Waals surface area contributed by atoms with Crippen LogP contribution in [-0.2, 0) is 6.42 Å². The van der Waals surface area contributed by atoms with Crippen molar-refractivity contribution in [3.05, 3.63) is 71.3 Å². The fourth-order valence-electron chi connectivity index (χ4n) is 3.22. The van der Waals surface area contributed by atoms with E-state index in [2.05, 4.69) is 66.8 Å². The molecule has 110 valence electrons. The van der Waals surface area contributed by atoms with Crippen LogP contribution >= 0.6 is 0 Å².